The van der Waals surface area contributed by atoms with Crippen LogP contribution in [0, 0.1) is 11.3 Å². The van der Waals surface area contributed by atoms with Gasteiger partial charge >= 0.3 is 5.97 Å². The molecule has 29 heavy (non-hydrogen) atoms. The minimum Gasteiger partial charge on any atom is -0.482 e. The number of carbonyl (C=O) groups excluding carboxylic acids is 3. The van der Waals surface area contributed by atoms with Gasteiger partial charge < -0.3 is 14.8 Å². The Morgan fingerprint density at radius 3 is 2.55 bits per heavy atom. The van der Waals surface area contributed by atoms with Gasteiger partial charge in [-0.25, -0.2) is 4.79 Å². The van der Waals surface area contributed by atoms with Crippen LogP contribution in [0.1, 0.15) is 46.1 Å². The molecule has 2 aromatic rings. The summed E-state index contributed by atoms with van der Waals surface area (Å²) in [6.45, 7) is 0.644. The lowest BCUT2D eigenvalue weighted by molar-refractivity contribution is -0.149. The molecule has 0 unspecified atom stereocenters. The van der Waals surface area contributed by atoms with Gasteiger partial charge in [0.1, 0.15) is 16.8 Å². The molecule has 1 aliphatic rings. The Bertz CT molecular complexity index is 972. The molecule has 3 rings (SSSR count). The first kappa shape index (κ1) is 20.6. The maximum Gasteiger partial charge on any atom is 0.344 e. The van der Waals surface area contributed by atoms with Crippen LogP contribution in [-0.4, -0.2) is 30.9 Å². The Morgan fingerprint density at radius 2 is 1.86 bits per heavy atom. The Hall–Kier alpha value is -3.18. The first-order valence-corrected chi connectivity index (χ1v) is 10.0. The molecule has 1 aliphatic carbocycles. The lowest BCUT2D eigenvalue weighted by Gasteiger charge is -2.09. The highest BCUT2D eigenvalue weighted by Gasteiger charge is 2.22. The molecular weight excluding hydrogens is 392 g/mol. The SMILES string of the molecule is CC(=O)c1ccc(OCC(=O)OCC(=O)Nc2sc3c(c2C#N)CCCC3)cc1. The zero-order valence-electron chi connectivity index (χ0n) is 15.9. The third-order valence-electron chi connectivity index (χ3n) is 4.52. The summed E-state index contributed by atoms with van der Waals surface area (Å²) in [6, 6.07) is 8.54. The van der Waals surface area contributed by atoms with Gasteiger partial charge in [-0.05, 0) is 62.4 Å². The molecule has 0 spiro atoms. The van der Waals surface area contributed by atoms with Crippen molar-refractivity contribution in [1.82, 2.24) is 0 Å². The summed E-state index contributed by atoms with van der Waals surface area (Å²) in [5.41, 5.74) is 2.09. The number of aryl methyl sites for hydroxylation is 1. The van der Waals surface area contributed by atoms with Gasteiger partial charge in [-0.3, -0.25) is 9.59 Å². The third kappa shape index (κ3) is 5.21. The van der Waals surface area contributed by atoms with Crippen molar-refractivity contribution in [3.8, 4) is 11.8 Å². The lowest BCUT2D eigenvalue weighted by atomic mass is 9.96. The summed E-state index contributed by atoms with van der Waals surface area (Å²) >= 11 is 1.42. The van der Waals surface area contributed by atoms with Gasteiger partial charge in [0.25, 0.3) is 5.91 Å². The number of nitrogens with zero attached hydrogens (tertiary/aromatic N) is 1. The van der Waals surface area contributed by atoms with E-state index in [1.807, 2.05) is 0 Å². The van der Waals surface area contributed by atoms with Crippen LogP contribution in [-0.2, 0) is 27.2 Å². The normalized spacial score (nSPS) is 12.4. The van der Waals surface area contributed by atoms with Crippen molar-refractivity contribution in [1.29, 1.82) is 5.26 Å². The van der Waals surface area contributed by atoms with Crippen molar-refractivity contribution < 1.29 is 23.9 Å². The average Bonchev–Trinajstić information content (AvgIpc) is 3.07. The summed E-state index contributed by atoms with van der Waals surface area (Å²) in [5, 5.41) is 12.6. The van der Waals surface area contributed by atoms with Gasteiger partial charge in [-0.1, -0.05) is 0 Å². The van der Waals surface area contributed by atoms with E-state index >= 15 is 0 Å². The highest BCUT2D eigenvalue weighted by Crippen LogP contribution is 2.37. The number of Topliss-reactive ketones (excluding diaryl/α,β-unsaturated/α-hetero) is 1. The molecule has 1 amide bonds. The fraction of sp³-hybridized carbons (Fsp3) is 0.333. The monoisotopic (exact) mass is 412 g/mol. The number of amides is 1. The highest BCUT2D eigenvalue weighted by atomic mass is 32.1. The van der Waals surface area contributed by atoms with Crippen LogP contribution in [0.5, 0.6) is 5.75 Å². The number of nitrogens with one attached hydrogen (secondary N) is 1. The molecule has 8 heteroatoms. The molecule has 150 valence electrons. The van der Waals surface area contributed by atoms with Gasteiger partial charge in [0.05, 0.1) is 5.56 Å². The van der Waals surface area contributed by atoms with Crippen LogP contribution in [0.3, 0.4) is 0 Å². The molecule has 0 saturated carbocycles. The van der Waals surface area contributed by atoms with E-state index in [-0.39, 0.29) is 12.4 Å². The minimum atomic E-state index is -0.693. The Labute approximate surface area is 172 Å². The predicted octanol–water partition coefficient (Wildman–Crippen LogP) is 3.26. The molecule has 1 N–H and O–H groups in total. The van der Waals surface area contributed by atoms with Crippen molar-refractivity contribution in [2.24, 2.45) is 0 Å². The smallest absolute Gasteiger partial charge is 0.344 e. The number of fused-ring (bicyclic) bond motifs is 1. The Morgan fingerprint density at radius 1 is 1.14 bits per heavy atom. The second kappa shape index (κ2) is 9.34. The second-order valence-electron chi connectivity index (χ2n) is 6.60. The van der Waals surface area contributed by atoms with Gasteiger partial charge in [-0.2, -0.15) is 5.26 Å². The van der Waals surface area contributed by atoms with Crippen molar-refractivity contribution in [3.05, 3.63) is 45.8 Å². The van der Waals surface area contributed by atoms with E-state index in [0.717, 1.165) is 36.1 Å². The second-order valence-corrected chi connectivity index (χ2v) is 7.71. The Balaban J connectivity index is 1.47. The molecule has 1 heterocycles. The van der Waals surface area contributed by atoms with E-state index in [4.69, 9.17) is 9.47 Å². The van der Waals surface area contributed by atoms with Crippen LogP contribution < -0.4 is 10.1 Å². The van der Waals surface area contributed by atoms with Gasteiger partial charge in [0.2, 0.25) is 0 Å². The number of rotatable bonds is 7. The number of thiophene rings is 1. The average molecular weight is 412 g/mol. The lowest BCUT2D eigenvalue weighted by Crippen LogP contribution is -2.23. The maximum absolute atomic E-state index is 12.1. The fourth-order valence-electron chi connectivity index (χ4n) is 3.05. The number of carbonyl (C=O) groups is 3. The maximum atomic E-state index is 12.1. The molecule has 0 atom stereocenters. The molecule has 0 bridgehead atoms. The predicted molar refractivity (Wildman–Crippen MR) is 107 cm³/mol. The summed E-state index contributed by atoms with van der Waals surface area (Å²) in [5.74, 6) is -0.839. The van der Waals surface area contributed by atoms with Gasteiger partial charge in [-0.15, -0.1) is 11.3 Å². The number of hydrogen-bond donors (Lipinski definition) is 1. The van der Waals surface area contributed by atoms with Crippen LogP contribution in [0.4, 0.5) is 5.00 Å². The van der Waals surface area contributed by atoms with Crippen molar-refractivity contribution in [3.63, 3.8) is 0 Å². The molecule has 0 saturated heterocycles. The first-order chi connectivity index (χ1) is 14.0. The van der Waals surface area contributed by atoms with E-state index < -0.39 is 18.5 Å². The van der Waals surface area contributed by atoms with Crippen molar-refractivity contribution >= 4 is 34.0 Å². The molecule has 0 fully saturated rings. The quantitative estimate of drug-likeness (QED) is 0.553. The topological polar surface area (TPSA) is 105 Å². The standard InChI is InChI=1S/C21H20N2O5S/c1-13(24)14-6-8-15(9-7-14)27-12-20(26)28-11-19(25)23-21-17(10-22)16-4-2-3-5-18(16)29-21/h6-9H,2-5,11-12H2,1H3,(H,23,25). The van der Waals surface area contributed by atoms with E-state index in [1.165, 1.54) is 18.3 Å². The largest absolute Gasteiger partial charge is 0.482 e. The highest BCUT2D eigenvalue weighted by molar-refractivity contribution is 7.16. The number of esters is 1. The van der Waals surface area contributed by atoms with Crippen LogP contribution in [0.2, 0.25) is 0 Å². The number of hydrogen-bond acceptors (Lipinski definition) is 7. The summed E-state index contributed by atoms with van der Waals surface area (Å²) in [4.78, 5) is 36.3. The van der Waals surface area contributed by atoms with Gasteiger partial charge in [0, 0.05) is 10.4 Å². The molecule has 0 radical (unpaired) electrons. The van der Waals surface area contributed by atoms with E-state index in [9.17, 15) is 19.6 Å². The molecule has 1 aromatic carbocycles. The van der Waals surface area contributed by atoms with E-state index in [1.54, 1.807) is 24.3 Å². The van der Waals surface area contributed by atoms with Crippen LogP contribution >= 0.6 is 11.3 Å². The number of benzene rings is 1. The van der Waals surface area contributed by atoms with Crippen molar-refractivity contribution in [2.45, 2.75) is 32.6 Å². The summed E-state index contributed by atoms with van der Waals surface area (Å²) in [7, 11) is 0. The first-order valence-electron chi connectivity index (χ1n) is 9.22. The summed E-state index contributed by atoms with van der Waals surface area (Å²) < 4.78 is 10.2. The number of anilines is 1. The molecular formula is C21H20N2O5S. The summed E-state index contributed by atoms with van der Waals surface area (Å²) in [6.07, 6.45) is 3.90. The molecule has 0 aliphatic heterocycles. The number of nitriles is 1. The fourth-order valence-corrected chi connectivity index (χ4v) is 4.31. The number of ether oxygens (including phenoxy) is 2. The zero-order valence-corrected chi connectivity index (χ0v) is 16.8. The third-order valence-corrected chi connectivity index (χ3v) is 5.73. The Kier molecular flexibility index (Phi) is 6.62. The number of ketones is 1. The van der Waals surface area contributed by atoms with Crippen LogP contribution in [0.15, 0.2) is 24.3 Å². The zero-order chi connectivity index (χ0) is 20.8. The van der Waals surface area contributed by atoms with E-state index in [2.05, 4.69) is 11.4 Å². The molecule has 1 aromatic heterocycles. The molecule has 7 nitrogen and oxygen atoms in total. The van der Waals surface area contributed by atoms with E-state index in [0.29, 0.717) is 21.9 Å². The van der Waals surface area contributed by atoms with Crippen molar-refractivity contribution in [2.75, 3.05) is 18.5 Å². The van der Waals surface area contributed by atoms with Gasteiger partial charge in [0.15, 0.2) is 19.0 Å². The minimum absolute atomic E-state index is 0.0619. The van der Waals surface area contributed by atoms with Crippen LogP contribution in [0.25, 0.3) is 0 Å².